The number of hydrogen-bond donors (Lipinski definition) is 3. The van der Waals surface area contributed by atoms with Gasteiger partial charge in [0.15, 0.2) is 0 Å². The standard InChI is InChI=1S/C33H36F7NO3/c1-22(25-12-16-27(42)17-13-25)29(26-14-18-28(43)19-15-26)6-4-2-3-5-23-7-9-24(10-8-23)11-20-30(44)41-21-31(34,35)32(36,37)33(38,39)40/h7-10,12-19,22,29,42-43H,2-6,11,20-21H2,1H3,(H,41,44). The Labute approximate surface area is 251 Å². The topological polar surface area (TPSA) is 69.6 Å². The summed E-state index contributed by atoms with van der Waals surface area (Å²) in [6, 6.07) is 21.7. The van der Waals surface area contributed by atoms with Gasteiger partial charge in [0.1, 0.15) is 11.5 Å². The van der Waals surface area contributed by atoms with Crippen molar-refractivity contribution in [1.82, 2.24) is 5.32 Å². The molecule has 3 aromatic carbocycles. The molecule has 0 fully saturated rings. The van der Waals surface area contributed by atoms with Crippen molar-refractivity contribution in [2.24, 2.45) is 0 Å². The molecule has 0 radical (unpaired) electrons. The lowest BCUT2D eigenvalue weighted by molar-refractivity contribution is -0.352. The molecule has 0 aliphatic heterocycles. The molecule has 2 unspecified atom stereocenters. The highest BCUT2D eigenvalue weighted by Crippen LogP contribution is 2.46. The number of phenolic OH excluding ortho intramolecular Hbond substituents is 2. The summed E-state index contributed by atoms with van der Waals surface area (Å²) in [4.78, 5) is 11.8. The van der Waals surface area contributed by atoms with Crippen molar-refractivity contribution in [2.75, 3.05) is 6.54 Å². The van der Waals surface area contributed by atoms with E-state index in [1.165, 1.54) is 5.32 Å². The molecule has 0 aliphatic carbocycles. The summed E-state index contributed by atoms with van der Waals surface area (Å²) in [6.45, 7) is 0.0272. The third-order valence-corrected chi connectivity index (χ3v) is 7.81. The smallest absolute Gasteiger partial charge is 0.459 e. The van der Waals surface area contributed by atoms with Gasteiger partial charge in [-0.1, -0.05) is 68.3 Å². The number of carbonyl (C=O) groups excluding carboxylic acids is 1. The van der Waals surface area contributed by atoms with Gasteiger partial charge in [0.25, 0.3) is 0 Å². The van der Waals surface area contributed by atoms with Crippen LogP contribution in [0.2, 0.25) is 0 Å². The van der Waals surface area contributed by atoms with Crippen LogP contribution < -0.4 is 5.32 Å². The third-order valence-electron chi connectivity index (χ3n) is 7.81. The lowest BCUT2D eigenvalue weighted by Gasteiger charge is -2.28. The number of carbonyl (C=O) groups is 1. The average Bonchev–Trinajstić information content (AvgIpc) is 2.97. The van der Waals surface area contributed by atoms with Gasteiger partial charge in [0.05, 0.1) is 6.54 Å². The first-order valence-electron chi connectivity index (χ1n) is 14.4. The molecule has 0 saturated carbocycles. The van der Waals surface area contributed by atoms with Crippen molar-refractivity contribution in [3.63, 3.8) is 0 Å². The summed E-state index contributed by atoms with van der Waals surface area (Å²) in [5.41, 5.74) is 3.98. The number of alkyl halides is 7. The quantitative estimate of drug-likeness (QED) is 0.117. The molecule has 11 heteroatoms. The van der Waals surface area contributed by atoms with Gasteiger partial charge < -0.3 is 15.5 Å². The lowest BCUT2D eigenvalue weighted by Crippen LogP contribution is -2.56. The maximum atomic E-state index is 13.4. The Morgan fingerprint density at radius 1 is 0.705 bits per heavy atom. The van der Waals surface area contributed by atoms with Gasteiger partial charge >= 0.3 is 18.0 Å². The molecular formula is C33H36F7NO3. The summed E-state index contributed by atoms with van der Waals surface area (Å²) in [7, 11) is 0. The first-order valence-corrected chi connectivity index (χ1v) is 14.4. The third kappa shape index (κ3) is 9.37. The molecule has 0 heterocycles. The zero-order chi connectivity index (χ0) is 32.5. The Bertz CT molecular complexity index is 1330. The number of phenols is 2. The van der Waals surface area contributed by atoms with Gasteiger partial charge in [-0.15, -0.1) is 0 Å². The summed E-state index contributed by atoms with van der Waals surface area (Å²) in [5.74, 6) is -12.0. The van der Waals surface area contributed by atoms with Crippen molar-refractivity contribution in [3.8, 4) is 11.5 Å². The molecule has 0 bridgehead atoms. The first kappa shape index (κ1) is 34.7. The van der Waals surface area contributed by atoms with E-state index in [-0.39, 0.29) is 36.2 Å². The van der Waals surface area contributed by atoms with Crippen LogP contribution in [0.25, 0.3) is 0 Å². The zero-order valence-electron chi connectivity index (χ0n) is 24.2. The molecule has 3 aromatic rings. The van der Waals surface area contributed by atoms with Crippen molar-refractivity contribution in [2.45, 2.75) is 81.7 Å². The number of benzene rings is 3. The Morgan fingerprint density at radius 2 is 1.20 bits per heavy atom. The molecule has 0 saturated heterocycles. The van der Waals surface area contributed by atoms with Crippen molar-refractivity contribution in [3.05, 3.63) is 95.1 Å². The molecule has 0 spiro atoms. The van der Waals surface area contributed by atoms with Crippen LogP contribution in [-0.4, -0.2) is 40.7 Å². The minimum atomic E-state index is -6.44. The normalized spacial score (nSPS) is 13.8. The van der Waals surface area contributed by atoms with E-state index >= 15 is 0 Å². The van der Waals surface area contributed by atoms with E-state index in [0.717, 1.165) is 48.8 Å². The lowest BCUT2D eigenvalue weighted by atomic mass is 9.79. The second-order valence-corrected chi connectivity index (χ2v) is 11.0. The zero-order valence-corrected chi connectivity index (χ0v) is 24.2. The van der Waals surface area contributed by atoms with Crippen LogP contribution in [0.1, 0.15) is 73.1 Å². The van der Waals surface area contributed by atoms with Gasteiger partial charge in [-0.05, 0) is 84.0 Å². The maximum Gasteiger partial charge on any atom is 0.459 e. The molecule has 3 rings (SSSR count). The number of hydrogen-bond acceptors (Lipinski definition) is 3. The van der Waals surface area contributed by atoms with Crippen molar-refractivity contribution >= 4 is 5.91 Å². The van der Waals surface area contributed by atoms with E-state index in [9.17, 15) is 45.7 Å². The maximum absolute atomic E-state index is 13.4. The molecular weight excluding hydrogens is 591 g/mol. The number of nitrogens with one attached hydrogen (secondary N) is 1. The van der Waals surface area contributed by atoms with Gasteiger partial charge in [-0.2, -0.15) is 30.7 Å². The molecule has 0 aliphatic rings. The number of halogens is 7. The van der Waals surface area contributed by atoms with Crippen LogP contribution in [0, 0.1) is 0 Å². The Balaban J connectivity index is 1.44. The summed E-state index contributed by atoms with van der Waals surface area (Å²) in [6.07, 6.45) is -2.09. The monoisotopic (exact) mass is 627 g/mol. The number of aryl methyl sites for hydroxylation is 2. The Kier molecular flexibility index (Phi) is 11.7. The van der Waals surface area contributed by atoms with Gasteiger partial charge in [0.2, 0.25) is 5.91 Å². The Morgan fingerprint density at radius 3 is 1.73 bits per heavy atom. The summed E-state index contributed by atoms with van der Waals surface area (Å²) >= 11 is 0. The van der Waals surface area contributed by atoms with Gasteiger partial charge in [-0.3, -0.25) is 4.79 Å². The highest BCUT2D eigenvalue weighted by molar-refractivity contribution is 5.76. The van der Waals surface area contributed by atoms with E-state index in [1.807, 2.05) is 36.4 Å². The SMILES string of the molecule is CC(c1ccc(O)cc1)C(CCCCCc1ccc(CCC(=O)NCC(F)(F)C(F)(F)C(F)(F)F)cc1)c1ccc(O)cc1. The summed E-state index contributed by atoms with van der Waals surface area (Å²) < 4.78 is 89.3. The van der Waals surface area contributed by atoms with Crippen molar-refractivity contribution < 1.29 is 45.7 Å². The predicted octanol–water partition coefficient (Wildman–Crippen LogP) is 8.67. The highest BCUT2D eigenvalue weighted by atomic mass is 19.4. The molecule has 3 N–H and O–H groups in total. The second-order valence-electron chi connectivity index (χ2n) is 11.0. The van der Waals surface area contributed by atoms with Crippen LogP contribution in [-0.2, 0) is 17.6 Å². The Hall–Kier alpha value is -3.76. The van der Waals surface area contributed by atoms with E-state index in [4.69, 9.17) is 0 Å². The van der Waals surface area contributed by atoms with Crippen LogP contribution >= 0.6 is 0 Å². The van der Waals surface area contributed by atoms with E-state index in [0.29, 0.717) is 5.56 Å². The molecule has 240 valence electrons. The fraction of sp³-hybridized carbons (Fsp3) is 0.424. The molecule has 1 amide bonds. The van der Waals surface area contributed by atoms with Crippen LogP contribution in [0.3, 0.4) is 0 Å². The van der Waals surface area contributed by atoms with Crippen LogP contribution in [0.5, 0.6) is 11.5 Å². The average molecular weight is 628 g/mol. The summed E-state index contributed by atoms with van der Waals surface area (Å²) in [5, 5.41) is 20.8. The minimum absolute atomic E-state index is 0.102. The molecule has 2 atom stereocenters. The first-order chi connectivity index (χ1) is 20.6. The molecule has 44 heavy (non-hydrogen) atoms. The van der Waals surface area contributed by atoms with E-state index in [2.05, 4.69) is 6.92 Å². The number of rotatable bonds is 15. The van der Waals surface area contributed by atoms with E-state index in [1.54, 1.807) is 36.4 Å². The number of aromatic hydroxyl groups is 2. The fourth-order valence-corrected chi connectivity index (χ4v) is 5.05. The van der Waals surface area contributed by atoms with Gasteiger partial charge in [-0.25, -0.2) is 0 Å². The van der Waals surface area contributed by atoms with Crippen LogP contribution in [0.15, 0.2) is 72.8 Å². The highest BCUT2D eigenvalue weighted by Gasteiger charge is 2.72. The van der Waals surface area contributed by atoms with Crippen LogP contribution in [0.4, 0.5) is 30.7 Å². The largest absolute Gasteiger partial charge is 0.508 e. The number of amides is 1. The van der Waals surface area contributed by atoms with Crippen molar-refractivity contribution in [1.29, 1.82) is 0 Å². The molecule has 4 nitrogen and oxygen atoms in total. The van der Waals surface area contributed by atoms with Gasteiger partial charge in [0, 0.05) is 6.42 Å². The number of unbranched alkanes of at least 4 members (excludes halogenated alkanes) is 2. The van der Waals surface area contributed by atoms with E-state index < -0.39 is 30.5 Å². The second kappa shape index (κ2) is 14.8. The fourth-order valence-electron chi connectivity index (χ4n) is 5.05. The predicted molar refractivity (Wildman–Crippen MR) is 153 cm³/mol. The molecule has 0 aromatic heterocycles. The minimum Gasteiger partial charge on any atom is -0.508 e.